The maximum atomic E-state index is 11.6. The molecule has 22 heavy (non-hydrogen) atoms. The molecular formula is C17H31N3O2. The lowest BCUT2D eigenvalue weighted by Gasteiger charge is -2.52. The largest absolute Gasteiger partial charge is 0.453 e. The first kappa shape index (κ1) is 16.1. The zero-order valence-electron chi connectivity index (χ0n) is 14.4. The van der Waals surface area contributed by atoms with E-state index in [1.54, 1.807) is 0 Å². The van der Waals surface area contributed by atoms with Crippen molar-refractivity contribution < 1.29 is 9.53 Å². The molecule has 2 heterocycles. The van der Waals surface area contributed by atoms with Crippen LogP contribution >= 0.6 is 0 Å². The number of amides is 1. The van der Waals surface area contributed by atoms with Crippen LogP contribution in [0.25, 0.3) is 0 Å². The van der Waals surface area contributed by atoms with Crippen LogP contribution < -0.4 is 0 Å². The number of hydrogen-bond acceptors (Lipinski definition) is 4. The van der Waals surface area contributed by atoms with E-state index in [2.05, 4.69) is 23.8 Å². The van der Waals surface area contributed by atoms with Crippen molar-refractivity contribution in [3.05, 3.63) is 0 Å². The van der Waals surface area contributed by atoms with Gasteiger partial charge in [-0.05, 0) is 64.2 Å². The molecule has 1 aliphatic carbocycles. The monoisotopic (exact) mass is 309 g/mol. The van der Waals surface area contributed by atoms with Gasteiger partial charge in [0.15, 0.2) is 0 Å². The van der Waals surface area contributed by atoms with Crippen molar-refractivity contribution >= 4 is 6.09 Å². The van der Waals surface area contributed by atoms with E-state index in [-0.39, 0.29) is 6.09 Å². The van der Waals surface area contributed by atoms with Crippen molar-refractivity contribution in [1.82, 2.24) is 14.7 Å². The fraction of sp³-hybridized carbons (Fsp3) is 0.941. The third-order valence-electron chi connectivity index (χ3n) is 6.35. The van der Waals surface area contributed by atoms with Crippen molar-refractivity contribution in [3.63, 3.8) is 0 Å². The summed E-state index contributed by atoms with van der Waals surface area (Å²) in [5, 5.41) is 0. The summed E-state index contributed by atoms with van der Waals surface area (Å²) in [4.78, 5) is 18.7. The minimum absolute atomic E-state index is 0.149. The first-order valence-corrected chi connectivity index (χ1v) is 8.84. The Kier molecular flexibility index (Phi) is 4.64. The highest BCUT2D eigenvalue weighted by atomic mass is 16.5. The standard InChI is InChI=1S/C17H31N3O2/c1-4-18(2)14-5-8-19(9-6-14)15-11-17(12-15)7-10-20(13-17)16(21)22-3/h14-15H,4-13H2,1-3H3. The lowest BCUT2D eigenvalue weighted by molar-refractivity contribution is -0.0132. The molecular weight excluding hydrogens is 278 g/mol. The van der Waals surface area contributed by atoms with Crippen LogP contribution in [0.2, 0.25) is 0 Å². The summed E-state index contributed by atoms with van der Waals surface area (Å²) in [5.74, 6) is 0. The van der Waals surface area contributed by atoms with Crippen LogP contribution in [0.3, 0.4) is 0 Å². The van der Waals surface area contributed by atoms with Gasteiger partial charge in [-0.15, -0.1) is 0 Å². The number of ether oxygens (including phenoxy) is 1. The van der Waals surface area contributed by atoms with Gasteiger partial charge in [0.1, 0.15) is 0 Å². The van der Waals surface area contributed by atoms with Crippen molar-refractivity contribution in [2.45, 2.75) is 51.1 Å². The van der Waals surface area contributed by atoms with Crippen molar-refractivity contribution in [3.8, 4) is 0 Å². The van der Waals surface area contributed by atoms with E-state index in [1.807, 2.05) is 4.90 Å². The molecule has 0 radical (unpaired) electrons. The van der Waals surface area contributed by atoms with Gasteiger partial charge in [-0.2, -0.15) is 0 Å². The van der Waals surface area contributed by atoms with Crippen molar-refractivity contribution in [2.24, 2.45) is 5.41 Å². The topological polar surface area (TPSA) is 36.0 Å². The molecule has 0 unspecified atom stereocenters. The van der Waals surface area contributed by atoms with Crippen molar-refractivity contribution in [2.75, 3.05) is 46.9 Å². The first-order chi connectivity index (χ1) is 10.6. The predicted molar refractivity (Wildman–Crippen MR) is 86.9 cm³/mol. The number of carbonyl (C=O) groups excluding carboxylic acids is 1. The lowest BCUT2D eigenvalue weighted by atomic mass is 9.64. The third kappa shape index (κ3) is 2.98. The molecule has 3 aliphatic rings. The van der Waals surface area contributed by atoms with Crippen molar-refractivity contribution in [1.29, 1.82) is 0 Å². The van der Waals surface area contributed by atoms with Gasteiger partial charge in [0.05, 0.1) is 7.11 Å². The molecule has 1 spiro atoms. The van der Waals surface area contributed by atoms with Crippen LogP contribution in [-0.2, 0) is 4.74 Å². The summed E-state index contributed by atoms with van der Waals surface area (Å²) in [5.41, 5.74) is 0.399. The number of methoxy groups -OCH3 is 1. The highest BCUT2D eigenvalue weighted by Gasteiger charge is 2.51. The second-order valence-electron chi connectivity index (χ2n) is 7.54. The van der Waals surface area contributed by atoms with E-state index in [0.29, 0.717) is 5.41 Å². The number of hydrogen-bond donors (Lipinski definition) is 0. The van der Waals surface area contributed by atoms with Gasteiger partial charge in [-0.1, -0.05) is 6.92 Å². The number of nitrogens with zero attached hydrogens (tertiary/aromatic N) is 3. The summed E-state index contributed by atoms with van der Waals surface area (Å²) in [6, 6.07) is 1.53. The fourth-order valence-corrected chi connectivity index (χ4v) is 4.70. The number of rotatable bonds is 3. The molecule has 0 aromatic heterocycles. The summed E-state index contributed by atoms with van der Waals surface area (Å²) in [6.45, 7) is 7.68. The summed E-state index contributed by atoms with van der Waals surface area (Å²) < 4.78 is 4.86. The highest BCUT2D eigenvalue weighted by Crippen LogP contribution is 2.50. The van der Waals surface area contributed by atoms with E-state index < -0.39 is 0 Å². The maximum Gasteiger partial charge on any atom is 0.409 e. The molecule has 2 saturated heterocycles. The van der Waals surface area contributed by atoms with E-state index >= 15 is 0 Å². The third-order valence-corrected chi connectivity index (χ3v) is 6.35. The average Bonchev–Trinajstić information content (AvgIpc) is 2.97. The van der Waals surface area contributed by atoms with E-state index in [9.17, 15) is 4.79 Å². The number of likely N-dealkylation sites (tertiary alicyclic amines) is 2. The molecule has 0 N–H and O–H groups in total. The van der Waals surface area contributed by atoms with Crippen LogP contribution in [0.1, 0.15) is 39.0 Å². The van der Waals surface area contributed by atoms with E-state index in [0.717, 1.165) is 38.1 Å². The number of carbonyl (C=O) groups is 1. The Morgan fingerprint density at radius 3 is 2.55 bits per heavy atom. The smallest absolute Gasteiger partial charge is 0.409 e. The summed E-state index contributed by atoms with van der Waals surface area (Å²) in [7, 11) is 3.73. The maximum absolute atomic E-state index is 11.6. The lowest BCUT2D eigenvalue weighted by Crippen LogP contribution is -2.55. The second kappa shape index (κ2) is 6.36. The highest BCUT2D eigenvalue weighted by molar-refractivity contribution is 5.67. The minimum atomic E-state index is -0.149. The molecule has 1 amide bonds. The first-order valence-electron chi connectivity index (χ1n) is 8.84. The zero-order valence-corrected chi connectivity index (χ0v) is 14.4. The Balaban J connectivity index is 1.44. The fourth-order valence-electron chi connectivity index (χ4n) is 4.70. The molecule has 2 aliphatic heterocycles. The molecule has 126 valence electrons. The van der Waals surface area contributed by atoms with Gasteiger partial charge in [-0.25, -0.2) is 4.79 Å². The average molecular weight is 309 g/mol. The molecule has 5 heteroatoms. The van der Waals surface area contributed by atoms with Crippen LogP contribution in [0, 0.1) is 5.41 Å². The summed E-state index contributed by atoms with van der Waals surface area (Å²) >= 11 is 0. The summed E-state index contributed by atoms with van der Waals surface area (Å²) in [6.07, 6.45) is 6.17. The number of piperidine rings is 1. The Hall–Kier alpha value is -0.810. The van der Waals surface area contributed by atoms with E-state index in [4.69, 9.17) is 4.74 Å². The van der Waals surface area contributed by atoms with Crippen LogP contribution in [0.4, 0.5) is 4.79 Å². The van der Waals surface area contributed by atoms with Crippen LogP contribution in [-0.4, -0.2) is 79.8 Å². The quantitative estimate of drug-likeness (QED) is 0.799. The molecule has 3 fully saturated rings. The second-order valence-corrected chi connectivity index (χ2v) is 7.54. The Bertz CT molecular complexity index is 401. The molecule has 0 aromatic rings. The van der Waals surface area contributed by atoms with Gasteiger partial charge in [0.25, 0.3) is 0 Å². The Morgan fingerprint density at radius 1 is 1.27 bits per heavy atom. The Morgan fingerprint density at radius 2 is 1.95 bits per heavy atom. The van der Waals surface area contributed by atoms with Gasteiger partial charge >= 0.3 is 6.09 Å². The molecule has 0 aromatic carbocycles. The van der Waals surface area contributed by atoms with E-state index in [1.165, 1.54) is 45.9 Å². The van der Waals surface area contributed by atoms with Gasteiger partial charge < -0.3 is 19.4 Å². The molecule has 0 atom stereocenters. The molecule has 3 rings (SSSR count). The SMILES string of the molecule is CCN(C)C1CCN(C2CC3(CCN(C(=O)OC)C3)C2)CC1. The zero-order chi connectivity index (χ0) is 15.7. The van der Waals surface area contributed by atoms with Gasteiger partial charge in [0.2, 0.25) is 0 Å². The van der Waals surface area contributed by atoms with Gasteiger partial charge in [-0.3, -0.25) is 0 Å². The predicted octanol–water partition coefficient (Wildman–Crippen LogP) is 2.02. The molecule has 1 saturated carbocycles. The Labute approximate surface area is 134 Å². The molecule has 5 nitrogen and oxygen atoms in total. The van der Waals surface area contributed by atoms with Gasteiger partial charge in [0, 0.05) is 25.2 Å². The van der Waals surface area contributed by atoms with Crippen LogP contribution in [0.15, 0.2) is 0 Å². The van der Waals surface area contributed by atoms with Crippen LogP contribution in [0.5, 0.6) is 0 Å². The molecule has 0 bridgehead atoms. The minimum Gasteiger partial charge on any atom is -0.453 e. The normalized spacial score (nSPS) is 33.5.